The van der Waals surface area contributed by atoms with Gasteiger partial charge in [0.1, 0.15) is 0 Å². The van der Waals surface area contributed by atoms with Crippen LogP contribution in [0, 0.1) is 5.41 Å². The lowest BCUT2D eigenvalue weighted by Crippen LogP contribution is -2.27. The zero-order chi connectivity index (χ0) is 7.90. The molecule has 0 saturated heterocycles. The Balaban J connectivity index is 2.25. The van der Waals surface area contributed by atoms with Gasteiger partial charge in [0, 0.05) is 5.41 Å². The lowest BCUT2D eigenvalue weighted by molar-refractivity contribution is 0.0832. The van der Waals surface area contributed by atoms with E-state index < -0.39 is 0 Å². The minimum atomic E-state index is -0.0718. The average molecular weight is 152 g/mol. The maximum absolute atomic E-state index is 9.79. The molecule has 0 bridgehead atoms. The molecule has 2 aliphatic rings. The molecule has 2 fully saturated rings. The van der Waals surface area contributed by atoms with Crippen molar-refractivity contribution < 1.29 is 5.11 Å². The monoisotopic (exact) mass is 152 g/mol. The molecule has 2 saturated carbocycles. The second kappa shape index (κ2) is 2.34. The van der Waals surface area contributed by atoms with Crippen molar-refractivity contribution in [3.05, 3.63) is 12.2 Å². The number of rotatable bonds is 0. The fourth-order valence-corrected chi connectivity index (χ4v) is 2.80. The second-order valence-electron chi connectivity index (χ2n) is 4.02. The Hall–Kier alpha value is -0.300. The van der Waals surface area contributed by atoms with Crippen molar-refractivity contribution >= 4 is 0 Å². The van der Waals surface area contributed by atoms with E-state index in [1.54, 1.807) is 0 Å². The van der Waals surface area contributed by atoms with Gasteiger partial charge in [-0.2, -0.15) is 0 Å². The first-order valence-electron chi connectivity index (χ1n) is 4.62. The molecule has 0 aliphatic heterocycles. The van der Waals surface area contributed by atoms with E-state index in [1.807, 2.05) is 0 Å². The van der Waals surface area contributed by atoms with E-state index in [0.717, 1.165) is 12.8 Å². The van der Waals surface area contributed by atoms with Gasteiger partial charge in [-0.05, 0) is 38.5 Å². The Morgan fingerprint density at radius 2 is 2.09 bits per heavy atom. The molecule has 0 amide bonds. The summed E-state index contributed by atoms with van der Waals surface area (Å²) in [5.74, 6) is 0. The molecule has 2 rings (SSSR count). The van der Waals surface area contributed by atoms with Crippen LogP contribution in [0.5, 0.6) is 0 Å². The Labute approximate surface area is 68.1 Å². The van der Waals surface area contributed by atoms with Crippen molar-refractivity contribution in [3.63, 3.8) is 0 Å². The molecule has 0 aromatic heterocycles. The molecule has 1 N–H and O–H groups in total. The van der Waals surface area contributed by atoms with Gasteiger partial charge in [0.2, 0.25) is 0 Å². The Bertz CT molecular complexity index is 181. The van der Waals surface area contributed by atoms with E-state index in [1.165, 1.54) is 31.3 Å². The summed E-state index contributed by atoms with van der Waals surface area (Å²) >= 11 is 0. The third kappa shape index (κ3) is 0.871. The minimum Gasteiger partial charge on any atom is -0.392 e. The molecule has 2 unspecified atom stereocenters. The van der Waals surface area contributed by atoms with Crippen molar-refractivity contribution in [2.24, 2.45) is 5.41 Å². The standard InChI is InChI=1S/C10H16O/c1-8-4-2-6-10(8)7-3-5-9(10)11/h9,11H,1-7H2. The van der Waals surface area contributed by atoms with Gasteiger partial charge in [-0.1, -0.05) is 12.2 Å². The zero-order valence-corrected chi connectivity index (χ0v) is 6.97. The number of aliphatic hydroxyl groups excluding tert-OH is 1. The summed E-state index contributed by atoms with van der Waals surface area (Å²) in [5.41, 5.74) is 1.49. The van der Waals surface area contributed by atoms with Gasteiger partial charge in [-0.25, -0.2) is 0 Å². The van der Waals surface area contributed by atoms with Gasteiger partial charge in [-0.15, -0.1) is 0 Å². The molecule has 0 heterocycles. The van der Waals surface area contributed by atoms with Crippen LogP contribution in [0.4, 0.5) is 0 Å². The lowest BCUT2D eigenvalue weighted by Gasteiger charge is -2.28. The van der Waals surface area contributed by atoms with Crippen LogP contribution in [0.25, 0.3) is 0 Å². The second-order valence-corrected chi connectivity index (χ2v) is 4.02. The van der Waals surface area contributed by atoms with Crippen LogP contribution >= 0.6 is 0 Å². The maximum atomic E-state index is 9.79. The molecule has 0 aromatic rings. The lowest BCUT2D eigenvalue weighted by atomic mass is 9.79. The molecule has 1 spiro atoms. The predicted molar refractivity (Wildman–Crippen MR) is 45.3 cm³/mol. The molecule has 11 heavy (non-hydrogen) atoms. The van der Waals surface area contributed by atoms with Gasteiger partial charge in [0.25, 0.3) is 0 Å². The summed E-state index contributed by atoms with van der Waals surface area (Å²) in [6.07, 6.45) is 6.89. The highest BCUT2D eigenvalue weighted by Crippen LogP contribution is 2.53. The summed E-state index contributed by atoms with van der Waals surface area (Å²) in [4.78, 5) is 0. The molecule has 1 heteroatoms. The molecule has 0 aromatic carbocycles. The highest BCUT2D eigenvalue weighted by Gasteiger charge is 2.46. The highest BCUT2D eigenvalue weighted by molar-refractivity contribution is 5.20. The van der Waals surface area contributed by atoms with E-state index in [4.69, 9.17) is 0 Å². The fourth-order valence-electron chi connectivity index (χ4n) is 2.80. The number of aliphatic hydroxyl groups is 1. The average Bonchev–Trinajstić information content (AvgIpc) is 2.48. The normalized spacial score (nSPS) is 44.1. The SMILES string of the molecule is C=C1CCCC12CCCC2O. The largest absolute Gasteiger partial charge is 0.392 e. The van der Waals surface area contributed by atoms with Crippen LogP contribution in [-0.4, -0.2) is 11.2 Å². The third-order valence-corrected chi connectivity index (χ3v) is 3.54. The number of hydrogen-bond donors (Lipinski definition) is 1. The van der Waals surface area contributed by atoms with Gasteiger partial charge in [0.05, 0.1) is 6.10 Å². The minimum absolute atomic E-state index is 0.0718. The first-order valence-corrected chi connectivity index (χ1v) is 4.62. The smallest absolute Gasteiger partial charge is 0.0633 e. The van der Waals surface area contributed by atoms with E-state index in [9.17, 15) is 5.11 Å². The van der Waals surface area contributed by atoms with Crippen molar-refractivity contribution in [2.75, 3.05) is 0 Å². The summed E-state index contributed by atoms with van der Waals surface area (Å²) in [6, 6.07) is 0. The van der Waals surface area contributed by atoms with Crippen LogP contribution in [0.15, 0.2) is 12.2 Å². The fraction of sp³-hybridized carbons (Fsp3) is 0.800. The van der Waals surface area contributed by atoms with Crippen LogP contribution in [0.3, 0.4) is 0 Å². The summed E-state index contributed by atoms with van der Waals surface area (Å²) in [7, 11) is 0. The molecular weight excluding hydrogens is 136 g/mol. The van der Waals surface area contributed by atoms with Crippen LogP contribution in [-0.2, 0) is 0 Å². The topological polar surface area (TPSA) is 20.2 Å². The first-order chi connectivity index (χ1) is 5.26. The van der Waals surface area contributed by atoms with Crippen LogP contribution in [0.2, 0.25) is 0 Å². The first kappa shape index (κ1) is 7.35. The zero-order valence-electron chi connectivity index (χ0n) is 6.97. The Kier molecular flexibility index (Phi) is 1.57. The highest BCUT2D eigenvalue weighted by atomic mass is 16.3. The third-order valence-electron chi connectivity index (χ3n) is 3.54. The van der Waals surface area contributed by atoms with Crippen LogP contribution in [0.1, 0.15) is 38.5 Å². The molecule has 1 nitrogen and oxygen atoms in total. The van der Waals surface area contributed by atoms with Crippen molar-refractivity contribution in [2.45, 2.75) is 44.6 Å². The van der Waals surface area contributed by atoms with Gasteiger partial charge in [-0.3, -0.25) is 0 Å². The quantitative estimate of drug-likeness (QED) is 0.528. The van der Waals surface area contributed by atoms with E-state index in [2.05, 4.69) is 6.58 Å². The Morgan fingerprint density at radius 1 is 1.36 bits per heavy atom. The number of hydrogen-bond acceptors (Lipinski definition) is 1. The van der Waals surface area contributed by atoms with Crippen LogP contribution < -0.4 is 0 Å². The van der Waals surface area contributed by atoms with E-state index >= 15 is 0 Å². The summed E-state index contributed by atoms with van der Waals surface area (Å²) in [6.45, 7) is 4.08. The van der Waals surface area contributed by atoms with E-state index in [0.29, 0.717) is 0 Å². The van der Waals surface area contributed by atoms with Crippen molar-refractivity contribution in [3.8, 4) is 0 Å². The van der Waals surface area contributed by atoms with Gasteiger partial charge in [0.15, 0.2) is 0 Å². The van der Waals surface area contributed by atoms with Crippen molar-refractivity contribution in [1.82, 2.24) is 0 Å². The summed E-state index contributed by atoms with van der Waals surface area (Å²) < 4.78 is 0. The van der Waals surface area contributed by atoms with Gasteiger partial charge < -0.3 is 5.11 Å². The maximum Gasteiger partial charge on any atom is 0.0633 e. The Morgan fingerprint density at radius 3 is 2.55 bits per heavy atom. The molecule has 62 valence electrons. The molecule has 0 radical (unpaired) electrons. The van der Waals surface area contributed by atoms with E-state index in [-0.39, 0.29) is 11.5 Å². The molecule has 2 atom stereocenters. The van der Waals surface area contributed by atoms with Gasteiger partial charge >= 0.3 is 0 Å². The molecular formula is C10H16O. The molecule has 2 aliphatic carbocycles. The summed E-state index contributed by atoms with van der Waals surface area (Å²) in [5, 5.41) is 9.79. The van der Waals surface area contributed by atoms with Crippen molar-refractivity contribution in [1.29, 1.82) is 0 Å². The predicted octanol–water partition coefficient (Wildman–Crippen LogP) is 2.26.